The summed E-state index contributed by atoms with van der Waals surface area (Å²) in [5, 5.41) is 19.3. The molecule has 1 aromatic rings. The SMILES string of the molecule is C[C@]1(O)CCC(C(=O)O)=C1c1ccc(F)cc1. The Balaban J connectivity index is 2.56. The number of aliphatic carboxylic acids is 1. The lowest BCUT2D eigenvalue weighted by Gasteiger charge is -2.21. The van der Waals surface area contributed by atoms with E-state index in [0.717, 1.165) is 0 Å². The molecular weight excluding hydrogens is 223 g/mol. The zero-order valence-corrected chi connectivity index (χ0v) is 9.40. The van der Waals surface area contributed by atoms with Gasteiger partial charge in [0.25, 0.3) is 0 Å². The molecule has 17 heavy (non-hydrogen) atoms. The molecule has 1 aromatic carbocycles. The number of rotatable bonds is 2. The smallest absolute Gasteiger partial charge is 0.331 e. The van der Waals surface area contributed by atoms with E-state index in [1.807, 2.05) is 0 Å². The maximum Gasteiger partial charge on any atom is 0.331 e. The summed E-state index contributed by atoms with van der Waals surface area (Å²) in [7, 11) is 0. The highest BCUT2D eigenvalue weighted by Crippen LogP contribution is 2.41. The Morgan fingerprint density at radius 3 is 2.47 bits per heavy atom. The summed E-state index contributed by atoms with van der Waals surface area (Å²) in [4.78, 5) is 11.1. The van der Waals surface area contributed by atoms with E-state index in [9.17, 15) is 14.3 Å². The molecule has 0 aromatic heterocycles. The average molecular weight is 236 g/mol. The van der Waals surface area contributed by atoms with Crippen LogP contribution in [0.2, 0.25) is 0 Å². The molecule has 0 saturated carbocycles. The lowest BCUT2D eigenvalue weighted by Crippen LogP contribution is -2.22. The van der Waals surface area contributed by atoms with Gasteiger partial charge in [-0.3, -0.25) is 0 Å². The Hall–Kier alpha value is -1.68. The van der Waals surface area contributed by atoms with Gasteiger partial charge in [0.15, 0.2) is 0 Å². The standard InChI is InChI=1S/C13H13FO3/c1-13(17)7-6-10(12(15)16)11(13)8-2-4-9(14)5-3-8/h2-5,17H,6-7H2,1H3,(H,15,16)/t13-/m0/s1. The highest BCUT2D eigenvalue weighted by atomic mass is 19.1. The van der Waals surface area contributed by atoms with Crippen LogP contribution in [-0.4, -0.2) is 21.8 Å². The molecule has 2 rings (SSSR count). The van der Waals surface area contributed by atoms with E-state index in [4.69, 9.17) is 5.11 Å². The molecule has 1 atom stereocenters. The third-order valence-electron chi connectivity index (χ3n) is 3.09. The number of carbonyl (C=O) groups is 1. The molecule has 0 unspecified atom stereocenters. The topological polar surface area (TPSA) is 57.5 Å². The molecule has 0 bridgehead atoms. The summed E-state index contributed by atoms with van der Waals surface area (Å²) in [6.07, 6.45) is 0.705. The molecule has 90 valence electrons. The van der Waals surface area contributed by atoms with Gasteiger partial charge in [0.05, 0.1) is 5.60 Å². The number of carboxylic acid groups (broad SMARTS) is 1. The fourth-order valence-corrected chi connectivity index (χ4v) is 2.26. The van der Waals surface area contributed by atoms with Crippen LogP contribution in [-0.2, 0) is 4.79 Å². The van der Waals surface area contributed by atoms with Crippen molar-refractivity contribution in [3.63, 3.8) is 0 Å². The van der Waals surface area contributed by atoms with Gasteiger partial charge in [0, 0.05) is 11.1 Å². The van der Waals surface area contributed by atoms with Crippen molar-refractivity contribution in [2.45, 2.75) is 25.4 Å². The zero-order chi connectivity index (χ0) is 12.6. The minimum absolute atomic E-state index is 0.210. The zero-order valence-electron chi connectivity index (χ0n) is 9.40. The van der Waals surface area contributed by atoms with Crippen LogP contribution in [0, 0.1) is 5.82 Å². The number of aliphatic hydroxyl groups is 1. The Labute approximate surface area is 98.2 Å². The molecule has 3 nitrogen and oxygen atoms in total. The second kappa shape index (κ2) is 3.96. The number of carboxylic acids is 1. The normalized spacial score (nSPS) is 24.2. The van der Waals surface area contributed by atoms with Crippen LogP contribution in [0.1, 0.15) is 25.3 Å². The Kier molecular flexibility index (Phi) is 2.75. The Morgan fingerprint density at radius 2 is 1.94 bits per heavy atom. The van der Waals surface area contributed by atoms with E-state index in [1.54, 1.807) is 6.92 Å². The van der Waals surface area contributed by atoms with Crippen molar-refractivity contribution in [2.24, 2.45) is 0 Å². The molecule has 0 amide bonds. The van der Waals surface area contributed by atoms with Gasteiger partial charge in [-0.2, -0.15) is 0 Å². The molecule has 0 fully saturated rings. The Bertz CT molecular complexity index is 486. The second-order valence-corrected chi connectivity index (χ2v) is 4.44. The van der Waals surface area contributed by atoms with Crippen molar-refractivity contribution < 1.29 is 19.4 Å². The second-order valence-electron chi connectivity index (χ2n) is 4.44. The van der Waals surface area contributed by atoms with Gasteiger partial charge >= 0.3 is 5.97 Å². The molecule has 0 radical (unpaired) electrons. The summed E-state index contributed by atoms with van der Waals surface area (Å²) in [5.41, 5.74) is 0.00357. The molecule has 1 aliphatic carbocycles. The van der Waals surface area contributed by atoms with E-state index < -0.39 is 11.6 Å². The van der Waals surface area contributed by atoms with E-state index in [1.165, 1.54) is 24.3 Å². The van der Waals surface area contributed by atoms with Gasteiger partial charge in [-0.15, -0.1) is 0 Å². The minimum Gasteiger partial charge on any atom is -0.478 e. The molecule has 0 saturated heterocycles. The quantitative estimate of drug-likeness (QED) is 0.827. The van der Waals surface area contributed by atoms with Gasteiger partial charge in [-0.25, -0.2) is 9.18 Å². The largest absolute Gasteiger partial charge is 0.478 e. The van der Waals surface area contributed by atoms with Crippen molar-refractivity contribution in [3.8, 4) is 0 Å². The fourth-order valence-electron chi connectivity index (χ4n) is 2.26. The Morgan fingerprint density at radius 1 is 1.35 bits per heavy atom. The fraction of sp³-hybridized carbons (Fsp3) is 0.308. The van der Waals surface area contributed by atoms with E-state index >= 15 is 0 Å². The van der Waals surface area contributed by atoms with Gasteiger partial charge in [0.1, 0.15) is 5.82 Å². The van der Waals surface area contributed by atoms with E-state index in [2.05, 4.69) is 0 Å². The third kappa shape index (κ3) is 2.08. The van der Waals surface area contributed by atoms with Gasteiger partial charge < -0.3 is 10.2 Å². The number of benzene rings is 1. The lowest BCUT2D eigenvalue weighted by atomic mass is 9.91. The first kappa shape index (κ1) is 11.8. The molecule has 4 heteroatoms. The van der Waals surface area contributed by atoms with Gasteiger partial charge in [-0.1, -0.05) is 12.1 Å². The van der Waals surface area contributed by atoms with Gasteiger partial charge in [-0.05, 0) is 37.5 Å². The van der Waals surface area contributed by atoms with Crippen molar-refractivity contribution in [3.05, 3.63) is 41.2 Å². The van der Waals surface area contributed by atoms with Crippen LogP contribution in [0.25, 0.3) is 5.57 Å². The van der Waals surface area contributed by atoms with Gasteiger partial charge in [0.2, 0.25) is 0 Å². The monoisotopic (exact) mass is 236 g/mol. The molecule has 1 aliphatic rings. The summed E-state index contributed by atoms with van der Waals surface area (Å²) in [5.74, 6) is -1.41. The minimum atomic E-state index is -1.16. The highest BCUT2D eigenvalue weighted by Gasteiger charge is 2.37. The highest BCUT2D eigenvalue weighted by molar-refractivity contribution is 5.99. The molecule has 0 heterocycles. The van der Waals surface area contributed by atoms with E-state index in [-0.39, 0.29) is 11.4 Å². The third-order valence-corrected chi connectivity index (χ3v) is 3.09. The molecular formula is C13H13FO3. The summed E-state index contributed by atoms with van der Waals surface area (Å²) >= 11 is 0. The van der Waals surface area contributed by atoms with Crippen LogP contribution in [0.4, 0.5) is 4.39 Å². The van der Waals surface area contributed by atoms with Crippen LogP contribution in [0.3, 0.4) is 0 Å². The van der Waals surface area contributed by atoms with Crippen molar-refractivity contribution in [1.82, 2.24) is 0 Å². The van der Waals surface area contributed by atoms with E-state index in [0.29, 0.717) is 24.0 Å². The first-order valence-corrected chi connectivity index (χ1v) is 5.37. The van der Waals surface area contributed by atoms with Crippen molar-refractivity contribution >= 4 is 11.5 Å². The summed E-state index contributed by atoms with van der Waals surface area (Å²) in [6, 6.07) is 5.51. The number of hydrogen-bond acceptors (Lipinski definition) is 2. The number of hydrogen-bond donors (Lipinski definition) is 2. The van der Waals surface area contributed by atoms with Crippen LogP contribution in [0.5, 0.6) is 0 Å². The summed E-state index contributed by atoms with van der Waals surface area (Å²) < 4.78 is 12.8. The first-order valence-electron chi connectivity index (χ1n) is 5.37. The molecule has 2 N–H and O–H groups in total. The maximum absolute atomic E-state index is 12.8. The van der Waals surface area contributed by atoms with Crippen molar-refractivity contribution in [1.29, 1.82) is 0 Å². The predicted molar refractivity (Wildman–Crippen MR) is 60.8 cm³/mol. The average Bonchev–Trinajstić information content (AvgIpc) is 2.56. The van der Waals surface area contributed by atoms with Crippen LogP contribution < -0.4 is 0 Å². The maximum atomic E-state index is 12.8. The van der Waals surface area contributed by atoms with Crippen LogP contribution >= 0.6 is 0 Å². The molecule has 0 spiro atoms. The molecule has 0 aliphatic heterocycles. The van der Waals surface area contributed by atoms with Crippen molar-refractivity contribution in [2.75, 3.05) is 0 Å². The lowest BCUT2D eigenvalue weighted by molar-refractivity contribution is -0.132. The number of halogens is 1. The van der Waals surface area contributed by atoms with Crippen LogP contribution in [0.15, 0.2) is 29.8 Å². The predicted octanol–water partition coefficient (Wildman–Crippen LogP) is 2.21. The first-order chi connectivity index (χ1) is 7.92. The summed E-state index contributed by atoms with van der Waals surface area (Å²) in [6.45, 7) is 1.58.